The number of primary sulfonamides is 1. The maximum absolute atomic E-state index is 11.8. The van der Waals surface area contributed by atoms with Gasteiger partial charge in [-0.2, -0.15) is 0 Å². The third-order valence-electron chi connectivity index (χ3n) is 3.22. The Balaban J connectivity index is 2.27. The standard InChI is InChI=1S/C15H14N4O2S/c16-12-6-7-14(22(17,20)21)13(10-12)19-9-8-18-15(19)11-4-2-1-3-5-11/h1-10H,16H2,(H2,17,20,21). The van der Waals surface area contributed by atoms with Crippen molar-refractivity contribution in [2.45, 2.75) is 4.90 Å². The van der Waals surface area contributed by atoms with Gasteiger partial charge in [0.2, 0.25) is 10.0 Å². The first-order valence-corrected chi connectivity index (χ1v) is 8.03. The van der Waals surface area contributed by atoms with Crippen LogP contribution in [0.15, 0.2) is 65.8 Å². The third kappa shape index (κ3) is 2.59. The lowest BCUT2D eigenvalue weighted by atomic mass is 10.2. The Bertz CT molecular complexity index is 918. The van der Waals surface area contributed by atoms with E-state index in [1.54, 1.807) is 23.0 Å². The van der Waals surface area contributed by atoms with Crippen molar-refractivity contribution in [2.24, 2.45) is 5.14 Å². The molecule has 1 heterocycles. The summed E-state index contributed by atoms with van der Waals surface area (Å²) >= 11 is 0. The molecule has 2 aromatic carbocycles. The van der Waals surface area contributed by atoms with E-state index in [2.05, 4.69) is 4.98 Å². The first-order chi connectivity index (χ1) is 10.5. The number of hydrogen-bond acceptors (Lipinski definition) is 4. The van der Waals surface area contributed by atoms with Gasteiger partial charge in [0, 0.05) is 23.6 Å². The van der Waals surface area contributed by atoms with Crippen LogP contribution in [-0.4, -0.2) is 18.0 Å². The van der Waals surface area contributed by atoms with Crippen LogP contribution >= 0.6 is 0 Å². The fraction of sp³-hybridized carbons (Fsp3) is 0. The summed E-state index contributed by atoms with van der Waals surface area (Å²) in [7, 11) is -3.88. The van der Waals surface area contributed by atoms with E-state index in [-0.39, 0.29) is 4.90 Å². The number of nitrogens with two attached hydrogens (primary N) is 2. The van der Waals surface area contributed by atoms with E-state index in [1.165, 1.54) is 12.1 Å². The van der Waals surface area contributed by atoms with Gasteiger partial charge in [0.25, 0.3) is 0 Å². The number of benzene rings is 2. The Kier molecular flexibility index (Phi) is 3.44. The molecule has 0 fully saturated rings. The molecule has 7 heteroatoms. The number of anilines is 1. The molecule has 1 aromatic heterocycles. The van der Waals surface area contributed by atoms with Gasteiger partial charge in [-0.1, -0.05) is 30.3 Å². The van der Waals surface area contributed by atoms with Crippen LogP contribution in [0.3, 0.4) is 0 Å². The topological polar surface area (TPSA) is 104 Å². The van der Waals surface area contributed by atoms with E-state index in [1.807, 2.05) is 30.3 Å². The van der Waals surface area contributed by atoms with Gasteiger partial charge in [0.05, 0.1) is 5.69 Å². The van der Waals surface area contributed by atoms with Crippen molar-refractivity contribution in [3.05, 3.63) is 60.9 Å². The van der Waals surface area contributed by atoms with Crippen LogP contribution in [0.1, 0.15) is 0 Å². The zero-order chi connectivity index (χ0) is 15.7. The minimum Gasteiger partial charge on any atom is -0.399 e. The van der Waals surface area contributed by atoms with Crippen LogP contribution in [0.25, 0.3) is 17.1 Å². The van der Waals surface area contributed by atoms with Gasteiger partial charge in [-0.05, 0) is 18.2 Å². The highest BCUT2D eigenvalue weighted by Crippen LogP contribution is 2.27. The molecule has 0 aliphatic rings. The number of hydrogen-bond donors (Lipinski definition) is 2. The predicted molar refractivity (Wildman–Crippen MR) is 84.8 cm³/mol. The van der Waals surface area contributed by atoms with Gasteiger partial charge in [-0.15, -0.1) is 0 Å². The van der Waals surface area contributed by atoms with Gasteiger partial charge in [-0.3, -0.25) is 4.57 Å². The second kappa shape index (κ2) is 5.28. The molecule has 3 rings (SSSR count). The average Bonchev–Trinajstić information content (AvgIpc) is 2.96. The van der Waals surface area contributed by atoms with Crippen molar-refractivity contribution in [1.29, 1.82) is 0 Å². The fourth-order valence-electron chi connectivity index (χ4n) is 2.26. The SMILES string of the molecule is Nc1ccc(S(N)(=O)=O)c(-n2ccnc2-c2ccccc2)c1. The van der Waals surface area contributed by atoms with E-state index >= 15 is 0 Å². The van der Waals surface area contributed by atoms with Crippen LogP contribution in [0.4, 0.5) is 5.69 Å². The Labute approximate surface area is 128 Å². The summed E-state index contributed by atoms with van der Waals surface area (Å²) in [4.78, 5) is 4.30. The lowest BCUT2D eigenvalue weighted by Gasteiger charge is -2.12. The van der Waals surface area contributed by atoms with Crippen molar-refractivity contribution >= 4 is 15.7 Å². The number of aromatic nitrogens is 2. The molecule has 0 aliphatic carbocycles. The van der Waals surface area contributed by atoms with Crippen molar-refractivity contribution in [1.82, 2.24) is 9.55 Å². The monoisotopic (exact) mass is 314 g/mol. The van der Waals surface area contributed by atoms with Crippen molar-refractivity contribution < 1.29 is 8.42 Å². The molecule has 0 radical (unpaired) electrons. The average molecular weight is 314 g/mol. The number of sulfonamides is 1. The predicted octanol–water partition coefficient (Wildman–Crippen LogP) is 1.77. The zero-order valence-electron chi connectivity index (χ0n) is 11.5. The summed E-state index contributed by atoms with van der Waals surface area (Å²) in [5, 5.41) is 5.30. The van der Waals surface area contributed by atoms with Gasteiger partial charge in [-0.25, -0.2) is 18.5 Å². The molecule has 112 valence electrons. The van der Waals surface area contributed by atoms with E-state index in [4.69, 9.17) is 10.9 Å². The molecule has 0 saturated heterocycles. The fourth-order valence-corrected chi connectivity index (χ4v) is 2.97. The molecule has 0 aliphatic heterocycles. The van der Waals surface area contributed by atoms with E-state index in [9.17, 15) is 8.42 Å². The molecule has 0 bridgehead atoms. The quantitative estimate of drug-likeness (QED) is 0.719. The number of nitrogen functional groups attached to an aromatic ring is 1. The first kappa shape index (κ1) is 14.3. The lowest BCUT2D eigenvalue weighted by molar-refractivity contribution is 0.597. The molecule has 0 unspecified atom stereocenters. The number of imidazole rings is 1. The highest BCUT2D eigenvalue weighted by molar-refractivity contribution is 7.89. The third-order valence-corrected chi connectivity index (χ3v) is 4.18. The van der Waals surface area contributed by atoms with Gasteiger partial charge >= 0.3 is 0 Å². The second-order valence-electron chi connectivity index (χ2n) is 4.76. The maximum atomic E-state index is 11.8. The number of nitrogens with zero attached hydrogens (tertiary/aromatic N) is 2. The smallest absolute Gasteiger partial charge is 0.240 e. The Morgan fingerprint density at radius 1 is 1.05 bits per heavy atom. The summed E-state index contributed by atoms with van der Waals surface area (Å²) in [6.45, 7) is 0. The minimum absolute atomic E-state index is 0.00289. The molecule has 0 amide bonds. The Morgan fingerprint density at radius 3 is 2.45 bits per heavy atom. The summed E-state index contributed by atoms with van der Waals surface area (Å²) in [6.07, 6.45) is 3.27. The van der Waals surface area contributed by atoms with Crippen molar-refractivity contribution in [3.63, 3.8) is 0 Å². The van der Waals surface area contributed by atoms with Gasteiger partial charge < -0.3 is 5.73 Å². The Hall–Kier alpha value is -2.64. The normalized spacial score (nSPS) is 11.5. The van der Waals surface area contributed by atoms with Crippen molar-refractivity contribution in [2.75, 3.05) is 5.73 Å². The molecular formula is C15H14N4O2S. The van der Waals surface area contributed by atoms with Gasteiger partial charge in [0.1, 0.15) is 10.7 Å². The molecule has 0 atom stereocenters. The summed E-state index contributed by atoms with van der Waals surface area (Å²) in [5.74, 6) is 0.608. The highest BCUT2D eigenvalue weighted by atomic mass is 32.2. The zero-order valence-corrected chi connectivity index (χ0v) is 12.4. The summed E-state index contributed by atoms with van der Waals surface area (Å²) < 4.78 is 25.3. The van der Waals surface area contributed by atoms with E-state index < -0.39 is 10.0 Å². The molecule has 3 aromatic rings. The van der Waals surface area contributed by atoms with Crippen LogP contribution in [0, 0.1) is 0 Å². The molecule has 0 spiro atoms. The number of rotatable bonds is 3. The van der Waals surface area contributed by atoms with Crippen LogP contribution in [0.2, 0.25) is 0 Å². The minimum atomic E-state index is -3.88. The van der Waals surface area contributed by atoms with E-state index in [0.29, 0.717) is 17.2 Å². The summed E-state index contributed by atoms with van der Waals surface area (Å²) in [5.41, 5.74) is 7.47. The second-order valence-corrected chi connectivity index (χ2v) is 6.29. The Morgan fingerprint density at radius 2 is 1.77 bits per heavy atom. The lowest BCUT2D eigenvalue weighted by Crippen LogP contribution is -2.15. The van der Waals surface area contributed by atoms with Crippen LogP contribution in [0.5, 0.6) is 0 Å². The van der Waals surface area contributed by atoms with Gasteiger partial charge in [0.15, 0.2) is 0 Å². The van der Waals surface area contributed by atoms with Crippen molar-refractivity contribution in [3.8, 4) is 17.1 Å². The first-order valence-electron chi connectivity index (χ1n) is 6.48. The maximum Gasteiger partial charge on any atom is 0.240 e. The molecular weight excluding hydrogens is 300 g/mol. The highest BCUT2D eigenvalue weighted by Gasteiger charge is 2.18. The van der Waals surface area contributed by atoms with E-state index in [0.717, 1.165) is 5.56 Å². The molecule has 22 heavy (non-hydrogen) atoms. The largest absolute Gasteiger partial charge is 0.399 e. The summed E-state index contributed by atoms with van der Waals surface area (Å²) in [6, 6.07) is 13.9. The molecule has 0 saturated carbocycles. The molecule has 6 nitrogen and oxygen atoms in total. The van der Waals surface area contributed by atoms with Crippen LogP contribution in [-0.2, 0) is 10.0 Å². The van der Waals surface area contributed by atoms with Crippen LogP contribution < -0.4 is 10.9 Å². The molecule has 4 N–H and O–H groups in total.